The van der Waals surface area contributed by atoms with Crippen LogP contribution in [0, 0.1) is 5.92 Å². The van der Waals surface area contributed by atoms with Crippen molar-refractivity contribution in [1.82, 2.24) is 14.5 Å². The van der Waals surface area contributed by atoms with Crippen molar-refractivity contribution in [1.29, 1.82) is 0 Å². The van der Waals surface area contributed by atoms with Crippen molar-refractivity contribution in [2.45, 2.75) is 18.3 Å². The van der Waals surface area contributed by atoms with E-state index in [2.05, 4.69) is 156 Å². The average molecular weight is 656 g/mol. The molecule has 0 amide bonds. The molecule has 0 aliphatic heterocycles. The first kappa shape index (κ1) is 28.7. The van der Waals surface area contributed by atoms with Crippen molar-refractivity contribution in [2.24, 2.45) is 5.92 Å². The van der Waals surface area contributed by atoms with Gasteiger partial charge in [0.2, 0.25) is 5.95 Å². The highest BCUT2D eigenvalue weighted by Crippen LogP contribution is 2.67. The number of nitrogens with zero attached hydrogens (tertiary/aromatic N) is 3. The number of para-hydroxylation sites is 1. The molecule has 1 fully saturated rings. The second-order valence-electron chi connectivity index (χ2n) is 14.2. The van der Waals surface area contributed by atoms with Crippen molar-refractivity contribution in [3.63, 3.8) is 0 Å². The Morgan fingerprint density at radius 1 is 0.588 bits per heavy atom. The summed E-state index contributed by atoms with van der Waals surface area (Å²) in [6.07, 6.45) is 1.86. The summed E-state index contributed by atoms with van der Waals surface area (Å²) in [6, 6.07) is 54.5. The molecule has 0 bridgehead atoms. The predicted octanol–water partition coefficient (Wildman–Crippen LogP) is 10.9. The maximum absolute atomic E-state index is 10.0. The van der Waals surface area contributed by atoms with Gasteiger partial charge in [-0.05, 0) is 75.7 Å². The van der Waals surface area contributed by atoms with Crippen LogP contribution >= 0.6 is 0 Å². The molecule has 0 radical (unpaired) electrons. The molecule has 7 aromatic carbocycles. The highest BCUT2D eigenvalue weighted by Gasteiger charge is 2.60. The molecule has 2 aliphatic carbocycles. The van der Waals surface area contributed by atoms with Crippen LogP contribution in [0.1, 0.15) is 24.0 Å². The van der Waals surface area contributed by atoms with E-state index < -0.39 is 0 Å². The second kappa shape index (κ2) is 10.7. The Balaban J connectivity index is 1.21. The summed E-state index contributed by atoms with van der Waals surface area (Å²) in [5, 5.41) is 15.8. The highest BCUT2D eigenvalue weighted by atomic mass is 16.3. The maximum atomic E-state index is 10.0. The molecule has 1 spiro atoms. The average Bonchev–Trinajstić information content (AvgIpc) is 3.72. The first-order valence-corrected chi connectivity index (χ1v) is 17.9. The lowest BCUT2D eigenvalue weighted by molar-refractivity contribution is 0.276. The Kier molecular flexibility index (Phi) is 6.02. The zero-order valence-electron chi connectivity index (χ0n) is 27.9. The number of aliphatic hydroxyl groups is 1. The Hall–Kier alpha value is -6.10. The quantitative estimate of drug-likeness (QED) is 0.201. The third-order valence-corrected chi connectivity index (χ3v) is 11.6. The monoisotopic (exact) mass is 655 g/mol. The van der Waals surface area contributed by atoms with Crippen LogP contribution in [-0.4, -0.2) is 26.2 Å². The Morgan fingerprint density at radius 2 is 1.31 bits per heavy atom. The zero-order valence-corrected chi connectivity index (χ0v) is 27.9. The van der Waals surface area contributed by atoms with Crippen molar-refractivity contribution in [3.05, 3.63) is 163 Å². The van der Waals surface area contributed by atoms with Crippen molar-refractivity contribution >= 4 is 43.5 Å². The first-order valence-electron chi connectivity index (χ1n) is 17.9. The highest BCUT2D eigenvalue weighted by molar-refractivity contribution is 6.19. The summed E-state index contributed by atoms with van der Waals surface area (Å²) < 4.78 is 2.32. The van der Waals surface area contributed by atoms with Crippen LogP contribution in [0.25, 0.3) is 82.9 Å². The van der Waals surface area contributed by atoms with Gasteiger partial charge in [-0.1, -0.05) is 133 Å². The number of hydrogen-bond donors (Lipinski definition) is 1. The summed E-state index contributed by atoms with van der Waals surface area (Å²) in [5.41, 5.74) is 12.8. The summed E-state index contributed by atoms with van der Waals surface area (Å²) in [5.74, 6) is 1.09. The number of aromatic nitrogens is 3. The van der Waals surface area contributed by atoms with E-state index in [1.165, 1.54) is 54.9 Å². The van der Waals surface area contributed by atoms with E-state index >= 15 is 0 Å². The molecule has 2 heterocycles. The molecule has 4 heteroatoms. The SMILES string of the molecule is OCCC1CC12c1ccccc1-c1cc3c4ccc5ccccc5c4n(-c4nc(-c5ccc(-c6ccccc6)cc5)c5ccccc5n4)c3cc12. The largest absolute Gasteiger partial charge is 0.396 e. The molecule has 2 atom stereocenters. The van der Waals surface area contributed by atoms with Crippen molar-refractivity contribution in [3.8, 4) is 39.5 Å². The standard InChI is InChI=1S/C47H33N3O/c51-25-24-33-28-47(33)40-16-8-6-14-35(40)38-26-39-36-23-22-31-12-4-5-13-34(31)45(36)50(43(39)27-41(38)47)46-48-42-17-9-7-15-37(42)44(49-46)32-20-18-30(19-21-32)29-10-2-1-3-11-29/h1-23,26-27,33,51H,24-25,28H2. The van der Waals surface area contributed by atoms with E-state index in [0.29, 0.717) is 11.9 Å². The maximum Gasteiger partial charge on any atom is 0.235 e. The van der Waals surface area contributed by atoms with E-state index in [4.69, 9.17) is 9.97 Å². The van der Waals surface area contributed by atoms with Crippen LogP contribution < -0.4 is 0 Å². The minimum atomic E-state index is -0.0674. The van der Waals surface area contributed by atoms with E-state index in [-0.39, 0.29) is 12.0 Å². The van der Waals surface area contributed by atoms with Crippen molar-refractivity contribution < 1.29 is 5.11 Å². The summed E-state index contributed by atoms with van der Waals surface area (Å²) in [4.78, 5) is 10.8. The van der Waals surface area contributed by atoms with Gasteiger partial charge in [0, 0.05) is 39.1 Å². The van der Waals surface area contributed by atoms with Crippen LogP contribution in [0.5, 0.6) is 0 Å². The van der Waals surface area contributed by atoms with Crippen molar-refractivity contribution in [2.75, 3.05) is 6.61 Å². The minimum Gasteiger partial charge on any atom is -0.396 e. The van der Waals surface area contributed by atoms with Gasteiger partial charge >= 0.3 is 0 Å². The lowest BCUT2D eigenvalue weighted by atomic mass is 9.89. The third-order valence-electron chi connectivity index (χ3n) is 11.6. The van der Waals surface area contributed by atoms with Crippen LogP contribution in [-0.2, 0) is 5.41 Å². The van der Waals surface area contributed by atoms with Gasteiger partial charge in [-0.15, -0.1) is 0 Å². The molecule has 242 valence electrons. The molecule has 9 aromatic rings. The van der Waals surface area contributed by atoms with Gasteiger partial charge in [-0.2, -0.15) is 0 Å². The fourth-order valence-corrected chi connectivity index (χ4v) is 9.20. The molecule has 2 aliphatic rings. The lowest BCUT2D eigenvalue weighted by Gasteiger charge is -2.15. The van der Waals surface area contributed by atoms with Gasteiger partial charge in [0.15, 0.2) is 0 Å². The molecule has 2 unspecified atom stereocenters. The first-order chi connectivity index (χ1) is 25.2. The fraction of sp³-hybridized carbons (Fsp3) is 0.106. The lowest BCUT2D eigenvalue weighted by Crippen LogP contribution is -2.10. The van der Waals surface area contributed by atoms with E-state index in [0.717, 1.165) is 46.0 Å². The fourth-order valence-electron chi connectivity index (χ4n) is 9.20. The van der Waals surface area contributed by atoms with Crippen LogP contribution in [0.2, 0.25) is 0 Å². The van der Waals surface area contributed by atoms with Crippen LogP contribution in [0.4, 0.5) is 0 Å². The second-order valence-corrected chi connectivity index (χ2v) is 14.2. The van der Waals surface area contributed by atoms with Gasteiger partial charge < -0.3 is 5.11 Å². The van der Waals surface area contributed by atoms with Gasteiger partial charge in [0.1, 0.15) is 0 Å². The summed E-state index contributed by atoms with van der Waals surface area (Å²) in [7, 11) is 0. The molecule has 51 heavy (non-hydrogen) atoms. The zero-order chi connectivity index (χ0) is 33.7. The number of benzene rings is 7. The van der Waals surface area contributed by atoms with Gasteiger partial charge in [-0.3, -0.25) is 4.57 Å². The molecular weight excluding hydrogens is 623 g/mol. The predicted molar refractivity (Wildman–Crippen MR) is 208 cm³/mol. The topological polar surface area (TPSA) is 50.9 Å². The smallest absolute Gasteiger partial charge is 0.235 e. The van der Waals surface area contributed by atoms with Crippen LogP contribution in [0.3, 0.4) is 0 Å². The molecule has 1 N–H and O–H groups in total. The molecule has 11 rings (SSSR count). The number of rotatable bonds is 5. The van der Waals surface area contributed by atoms with Gasteiger partial charge in [0.25, 0.3) is 0 Å². The number of hydrogen-bond acceptors (Lipinski definition) is 3. The van der Waals surface area contributed by atoms with Gasteiger partial charge in [0.05, 0.1) is 22.2 Å². The normalized spacial score (nSPS) is 17.5. The minimum absolute atomic E-state index is 0.0674. The molecule has 2 aromatic heterocycles. The van der Waals surface area contributed by atoms with Gasteiger partial charge in [-0.25, -0.2) is 9.97 Å². The number of fused-ring (bicyclic) bond motifs is 11. The summed E-state index contributed by atoms with van der Waals surface area (Å²) in [6.45, 7) is 0.207. The Labute approximate surface area is 295 Å². The number of aliphatic hydroxyl groups excluding tert-OH is 1. The summed E-state index contributed by atoms with van der Waals surface area (Å²) >= 11 is 0. The molecular formula is C47H33N3O. The molecule has 0 saturated heterocycles. The Morgan fingerprint density at radius 3 is 2.18 bits per heavy atom. The van der Waals surface area contributed by atoms with E-state index in [1.807, 2.05) is 0 Å². The molecule has 4 nitrogen and oxygen atoms in total. The molecule has 1 saturated carbocycles. The third kappa shape index (κ3) is 4.05. The van der Waals surface area contributed by atoms with Crippen LogP contribution in [0.15, 0.2) is 152 Å². The van der Waals surface area contributed by atoms with E-state index in [9.17, 15) is 5.11 Å². The van der Waals surface area contributed by atoms with E-state index in [1.54, 1.807) is 0 Å². The Bertz CT molecular complexity index is 2850.